The standard InChI is InChI=1S/C19H18F3N8O2S.Ni/c1-5-29-9-7-8-12-10-13(14(11-15(12)29)28-33(31,32)19(20,21)22)26-27-18-25-16(23-3)17(24-4)30(18)6-2;/h10-11H,5-9H2,1-2H3;/q-1;+2. The summed E-state index contributed by atoms with van der Waals surface area (Å²) in [5.74, 6) is -0.337. The number of azo groups is 1. The van der Waals surface area contributed by atoms with Gasteiger partial charge in [-0.2, -0.15) is 13.2 Å². The van der Waals surface area contributed by atoms with Crippen LogP contribution in [0.4, 0.5) is 47.8 Å². The van der Waals surface area contributed by atoms with E-state index in [1.165, 1.54) is 16.7 Å². The van der Waals surface area contributed by atoms with Crippen LogP contribution < -0.4 is 4.90 Å². The fraction of sp³-hybridized carbons (Fsp3) is 0.421. The largest absolute Gasteiger partial charge is 2.00 e. The van der Waals surface area contributed by atoms with Crippen LogP contribution in [0.5, 0.6) is 0 Å². The van der Waals surface area contributed by atoms with Crippen LogP contribution in [0.3, 0.4) is 0 Å². The molecule has 0 spiro atoms. The fourth-order valence-electron chi connectivity index (χ4n) is 3.42. The minimum absolute atomic E-state index is 0. The maximum Gasteiger partial charge on any atom is 2.00 e. The molecule has 1 aromatic heterocycles. The monoisotopic (exact) mass is 537 g/mol. The van der Waals surface area contributed by atoms with Crippen LogP contribution in [0.25, 0.3) is 14.4 Å². The number of rotatable bonds is 6. The molecule has 0 fully saturated rings. The van der Waals surface area contributed by atoms with E-state index in [2.05, 4.69) is 29.6 Å². The molecule has 0 unspecified atom stereocenters. The summed E-state index contributed by atoms with van der Waals surface area (Å²) in [5.41, 5.74) is -4.93. The van der Waals surface area contributed by atoms with Gasteiger partial charge in [0.1, 0.15) is 0 Å². The van der Waals surface area contributed by atoms with Gasteiger partial charge in [0.05, 0.1) is 12.2 Å². The summed E-state index contributed by atoms with van der Waals surface area (Å²) in [6, 6.07) is 2.72. The zero-order valence-corrected chi connectivity index (χ0v) is 19.7. The van der Waals surface area contributed by atoms with Crippen LogP contribution in [0.15, 0.2) is 22.4 Å². The van der Waals surface area contributed by atoms with Gasteiger partial charge >= 0.3 is 27.9 Å². The van der Waals surface area contributed by atoms with E-state index < -0.39 is 21.2 Å². The maximum atomic E-state index is 13.0. The molecule has 1 aliphatic rings. The minimum atomic E-state index is -5.83. The molecule has 10 nitrogen and oxygen atoms in total. The maximum absolute atomic E-state index is 13.0. The molecule has 0 N–H and O–H groups in total. The molecule has 0 atom stereocenters. The van der Waals surface area contributed by atoms with Crippen LogP contribution in [0, 0.1) is 13.1 Å². The molecule has 2 heterocycles. The summed E-state index contributed by atoms with van der Waals surface area (Å²) in [4.78, 5) is 12.3. The molecule has 3 rings (SSSR count). The van der Waals surface area contributed by atoms with Crippen molar-refractivity contribution in [3.05, 3.63) is 45.3 Å². The number of fused-ring (bicyclic) bond motifs is 1. The smallest absolute Gasteiger partial charge is 0.568 e. The molecule has 2 aromatic rings. The van der Waals surface area contributed by atoms with Crippen molar-refractivity contribution in [3.8, 4) is 0 Å². The molecule has 0 amide bonds. The normalized spacial score (nSPS) is 13.7. The van der Waals surface area contributed by atoms with E-state index in [0.717, 1.165) is 12.0 Å². The summed E-state index contributed by atoms with van der Waals surface area (Å²) >= 11 is 0. The molecule has 0 saturated heterocycles. The van der Waals surface area contributed by atoms with Gasteiger partial charge in [-0.05, 0) is 38.3 Å². The Labute approximate surface area is 204 Å². The summed E-state index contributed by atoms with van der Waals surface area (Å²) in [6.45, 7) is 19.4. The van der Waals surface area contributed by atoms with E-state index in [0.29, 0.717) is 25.2 Å². The number of hydrogen-bond acceptors (Lipinski definition) is 6. The zero-order chi connectivity index (χ0) is 24.4. The number of aromatic nitrogens is 2. The Balaban J connectivity index is 0.00000408. The van der Waals surface area contributed by atoms with Gasteiger partial charge in [0.25, 0.3) is 11.6 Å². The molecular formula is C19H18F3N8NiO2S+. The number of benzene rings is 1. The number of halogens is 3. The second kappa shape index (κ2) is 10.4. The van der Waals surface area contributed by atoms with Gasteiger partial charge in [0.15, 0.2) is 10.0 Å². The van der Waals surface area contributed by atoms with Gasteiger partial charge in [-0.25, -0.2) is 13.0 Å². The van der Waals surface area contributed by atoms with E-state index in [1.54, 1.807) is 6.92 Å². The molecule has 15 heteroatoms. The van der Waals surface area contributed by atoms with E-state index in [1.807, 2.05) is 11.8 Å². The Hall–Kier alpha value is -3.16. The molecule has 1 aromatic carbocycles. The summed E-state index contributed by atoms with van der Waals surface area (Å²) in [6.07, 6.45) is 1.42. The third kappa shape index (κ3) is 5.16. The van der Waals surface area contributed by atoms with E-state index in [-0.39, 0.29) is 46.3 Å². The minimum Gasteiger partial charge on any atom is -0.568 e. The van der Waals surface area contributed by atoms with Crippen molar-refractivity contribution in [2.24, 2.45) is 10.2 Å². The molecule has 0 radical (unpaired) electrons. The molecule has 0 aliphatic carbocycles. The topological polar surface area (TPSA) is 103 Å². The number of nitrogens with zero attached hydrogens (tertiary/aromatic N) is 8. The Morgan fingerprint density at radius 1 is 1.18 bits per heavy atom. The Morgan fingerprint density at radius 2 is 1.88 bits per heavy atom. The van der Waals surface area contributed by atoms with E-state index in [4.69, 9.17) is 13.1 Å². The van der Waals surface area contributed by atoms with Gasteiger partial charge < -0.3 is 19.3 Å². The number of aryl methyl sites for hydroxylation is 1. The number of imidazole rings is 1. The predicted octanol–water partition coefficient (Wildman–Crippen LogP) is 6.04. The second-order valence-corrected chi connectivity index (χ2v) is 8.49. The predicted molar refractivity (Wildman–Crippen MR) is 115 cm³/mol. The number of alkyl halides is 3. The molecule has 0 saturated carbocycles. The first kappa shape index (κ1) is 27.1. The molecule has 34 heavy (non-hydrogen) atoms. The third-order valence-corrected chi connectivity index (χ3v) is 5.98. The van der Waals surface area contributed by atoms with Crippen molar-refractivity contribution in [3.63, 3.8) is 0 Å². The van der Waals surface area contributed by atoms with Gasteiger partial charge in [-0.3, -0.25) is 0 Å². The molecule has 0 bridgehead atoms. The third-order valence-electron chi connectivity index (χ3n) is 4.96. The van der Waals surface area contributed by atoms with Gasteiger partial charge in [-0.15, -0.1) is 5.11 Å². The van der Waals surface area contributed by atoms with Crippen LogP contribution in [-0.4, -0.2) is 36.6 Å². The van der Waals surface area contributed by atoms with Crippen LogP contribution in [-0.2, 0) is 39.5 Å². The van der Waals surface area contributed by atoms with Gasteiger partial charge in [0.2, 0.25) is 0 Å². The molecule has 182 valence electrons. The number of anilines is 1. The van der Waals surface area contributed by atoms with Crippen LogP contribution in [0.1, 0.15) is 25.8 Å². The van der Waals surface area contributed by atoms with Crippen molar-refractivity contribution in [1.29, 1.82) is 0 Å². The number of hydrogen-bond donors (Lipinski definition) is 0. The van der Waals surface area contributed by atoms with Crippen molar-refractivity contribution in [1.82, 2.24) is 9.55 Å². The fourth-order valence-corrected chi connectivity index (χ4v) is 3.93. The zero-order valence-electron chi connectivity index (χ0n) is 17.9. The Bertz CT molecular complexity index is 1290. The summed E-state index contributed by atoms with van der Waals surface area (Å²) < 4.78 is 66.8. The van der Waals surface area contributed by atoms with Crippen molar-refractivity contribution < 1.29 is 38.1 Å². The van der Waals surface area contributed by atoms with Crippen molar-refractivity contribution in [2.75, 3.05) is 18.0 Å². The molecular weight excluding hydrogens is 520 g/mol. The molecule has 1 aliphatic heterocycles. The van der Waals surface area contributed by atoms with Gasteiger partial charge in [0, 0.05) is 18.8 Å². The summed E-state index contributed by atoms with van der Waals surface area (Å²) in [5, 5.41) is 7.83. The SMILES string of the molecule is [C-]#[N+]c1nc(N=Nc2cc3c(cc2[N-]S(=O)(=O)C(F)(F)F)N(CC)CCC3)n(CC)c1[N+]#[C-].[Ni+2]. The Kier molecular flexibility index (Phi) is 8.29. The first-order chi connectivity index (χ1) is 15.6. The second-order valence-electron chi connectivity index (χ2n) is 6.89. The first-order valence-corrected chi connectivity index (χ1v) is 11.2. The average Bonchev–Trinajstić information content (AvgIpc) is 3.12. The van der Waals surface area contributed by atoms with Crippen molar-refractivity contribution in [2.45, 2.75) is 38.7 Å². The first-order valence-electron chi connectivity index (χ1n) is 9.79. The average molecular weight is 538 g/mol. The number of sulfonamides is 1. The van der Waals surface area contributed by atoms with Crippen LogP contribution in [0.2, 0.25) is 0 Å². The quantitative estimate of drug-likeness (QED) is 0.254. The van der Waals surface area contributed by atoms with Crippen molar-refractivity contribution >= 4 is 44.7 Å². The summed E-state index contributed by atoms with van der Waals surface area (Å²) in [7, 11) is -5.83. The van der Waals surface area contributed by atoms with Crippen LogP contribution >= 0.6 is 0 Å². The van der Waals surface area contributed by atoms with Gasteiger partial charge in [-0.1, -0.05) is 35.0 Å². The van der Waals surface area contributed by atoms with E-state index in [9.17, 15) is 21.6 Å². The Morgan fingerprint density at radius 3 is 2.44 bits per heavy atom. The van der Waals surface area contributed by atoms with E-state index >= 15 is 0 Å².